The molecule has 0 spiro atoms. The van der Waals surface area contributed by atoms with Gasteiger partial charge in [-0.25, -0.2) is 9.59 Å². The molecule has 0 radical (unpaired) electrons. The number of hydrogen-bond acceptors (Lipinski definition) is 5. The Hall–Kier alpha value is -3.81. The third kappa shape index (κ3) is 5.08. The molecule has 0 aliphatic carbocycles. The fourth-order valence-corrected chi connectivity index (χ4v) is 4.08. The lowest BCUT2D eigenvalue weighted by molar-refractivity contribution is -0.144. The van der Waals surface area contributed by atoms with E-state index in [1.54, 1.807) is 48.5 Å². The summed E-state index contributed by atoms with van der Waals surface area (Å²) in [6, 6.07) is 14.7. The van der Waals surface area contributed by atoms with E-state index in [0.29, 0.717) is 16.9 Å². The lowest BCUT2D eigenvalue weighted by Crippen LogP contribution is -2.44. The van der Waals surface area contributed by atoms with E-state index >= 15 is 0 Å². The highest BCUT2D eigenvalue weighted by atomic mass is 16.6. The molecule has 0 unspecified atom stereocenters. The quantitative estimate of drug-likeness (QED) is 0.647. The van der Waals surface area contributed by atoms with Crippen molar-refractivity contribution in [1.29, 1.82) is 0 Å². The van der Waals surface area contributed by atoms with E-state index in [9.17, 15) is 24.6 Å². The number of aliphatic carboxylic acids is 2. The van der Waals surface area contributed by atoms with Gasteiger partial charge in [0.2, 0.25) is 0 Å². The number of likely N-dealkylation sites (tertiary alicyclic amines) is 1. The average molecular weight is 439 g/mol. The van der Waals surface area contributed by atoms with Crippen LogP contribution in [0.2, 0.25) is 0 Å². The molecule has 1 aliphatic heterocycles. The van der Waals surface area contributed by atoms with E-state index in [1.807, 2.05) is 6.07 Å². The zero-order valence-electron chi connectivity index (χ0n) is 17.6. The second-order valence-corrected chi connectivity index (χ2v) is 7.60. The molecule has 1 fully saturated rings. The maximum absolute atomic E-state index is 12.8. The first-order valence-electron chi connectivity index (χ1n) is 10.1. The lowest BCUT2D eigenvalue weighted by atomic mass is 9.81. The Bertz CT molecular complexity index is 1000. The van der Waals surface area contributed by atoms with Gasteiger partial charge in [-0.15, -0.1) is 0 Å². The zero-order chi connectivity index (χ0) is 23.3. The van der Waals surface area contributed by atoms with Crippen molar-refractivity contribution in [1.82, 2.24) is 4.90 Å². The van der Waals surface area contributed by atoms with Crippen LogP contribution in [0.1, 0.15) is 17.5 Å². The third-order valence-corrected chi connectivity index (χ3v) is 5.64. The topological polar surface area (TPSA) is 113 Å². The molecule has 3 rings (SSSR count). The summed E-state index contributed by atoms with van der Waals surface area (Å²) >= 11 is 0. The van der Waals surface area contributed by atoms with Crippen molar-refractivity contribution in [3.8, 4) is 5.75 Å². The van der Waals surface area contributed by atoms with Crippen molar-refractivity contribution in [2.24, 2.45) is 11.8 Å². The summed E-state index contributed by atoms with van der Waals surface area (Å²) in [6.07, 6.45) is -1.23. The van der Waals surface area contributed by atoms with Crippen LogP contribution in [-0.4, -0.2) is 52.8 Å². The van der Waals surface area contributed by atoms with Gasteiger partial charge in [0, 0.05) is 18.4 Å². The Morgan fingerprint density at radius 1 is 1.09 bits per heavy atom. The number of benzene rings is 2. The Kier molecular flexibility index (Phi) is 7.14. The Morgan fingerprint density at radius 2 is 1.81 bits per heavy atom. The fraction of sp³-hybridized carbons (Fsp3) is 0.292. The van der Waals surface area contributed by atoms with Gasteiger partial charge in [-0.2, -0.15) is 0 Å². The largest absolute Gasteiger partial charge is 0.497 e. The highest BCUT2D eigenvalue weighted by Crippen LogP contribution is 2.41. The smallest absolute Gasteiger partial charge is 0.410 e. The maximum Gasteiger partial charge on any atom is 0.410 e. The van der Waals surface area contributed by atoms with Crippen LogP contribution >= 0.6 is 0 Å². The predicted octanol–water partition coefficient (Wildman–Crippen LogP) is 3.52. The van der Waals surface area contributed by atoms with E-state index in [0.717, 1.165) is 10.5 Å². The van der Waals surface area contributed by atoms with Gasteiger partial charge in [-0.05, 0) is 28.8 Å². The second kappa shape index (κ2) is 10.00. The van der Waals surface area contributed by atoms with Crippen molar-refractivity contribution < 1.29 is 34.1 Å². The van der Waals surface area contributed by atoms with Crippen molar-refractivity contribution in [3.05, 3.63) is 72.3 Å². The van der Waals surface area contributed by atoms with E-state index < -0.39 is 42.3 Å². The molecular weight excluding hydrogens is 414 g/mol. The molecule has 0 saturated carbocycles. The minimum absolute atomic E-state index is 0.0153. The molecule has 0 bridgehead atoms. The van der Waals surface area contributed by atoms with Gasteiger partial charge in [-0.3, -0.25) is 9.69 Å². The Labute approximate surface area is 185 Å². The minimum Gasteiger partial charge on any atom is -0.497 e. The van der Waals surface area contributed by atoms with Crippen LogP contribution < -0.4 is 4.74 Å². The number of carboxylic acid groups (broad SMARTS) is 2. The van der Waals surface area contributed by atoms with Gasteiger partial charge in [-0.1, -0.05) is 49.0 Å². The van der Waals surface area contributed by atoms with Gasteiger partial charge < -0.3 is 19.7 Å². The molecule has 8 nitrogen and oxygen atoms in total. The van der Waals surface area contributed by atoms with E-state index in [-0.39, 0.29) is 13.2 Å². The summed E-state index contributed by atoms with van der Waals surface area (Å²) in [6.45, 7) is 4.07. The number of carboxylic acids is 2. The van der Waals surface area contributed by atoms with Crippen LogP contribution in [-0.2, 0) is 20.9 Å². The van der Waals surface area contributed by atoms with Crippen LogP contribution in [0.15, 0.2) is 61.2 Å². The fourth-order valence-electron chi connectivity index (χ4n) is 4.08. The van der Waals surface area contributed by atoms with Crippen molar-refractivity contribution >= 4 is 23.6 Å². The number of rotatable bonds is 8. The summed E-state index contributed by atoms with van der Waals surface area (Å²) in [7, 11) is 1.52. The maximum atomic E-state index is 12.8. The Morgan fingerprint density at radius 3 is 2.44 bits per heavy atom. The standard InChI is InChI=1S/C24H25NO7/c1-15(17-9-6-10-18(11-17)31-2)20-13-25(22(23(28)29)19(20)12-21(26)27)24(30)32-14-16-7-4-3-5-8-16/h3-11,19-20,22H,1,12-14H2,2H3,(H,26,27)(H,28,29)/t19-,20+,22-/m0/s1. The summed E-state index contributed by atoms with van der Waals surface area (Å²) in [5.74, 6) is -3.29. The molecule has 1 amide bonds. The first kappa shape index (κ1) is 22.9. The molecule has 3 atom stereocenters. The number of methoxy groups -OCH3 is 1. The zero-order valence-corrected chi connectivity index (χ0v) is 17.6. The first-order valence-corrected chi connectivity index (χ1v) is 10.1. The number of amides is 1. The van der Waals surface area contributed by atoms with Crippen molar-refractivity contribution in [3.63, 3.8) is 0 Å². The predicted molar refractivity (Wildman–Crippen MR) is 116 cm³/mol. The van der Waals surface area contributed by atoms with Crippen LogP contribution in [0, 0.1) is 11.8 Å². The van der Waals surface area contributed by atoms with E-state index in [4.69, 9.17) is 9.47 Å². The molecule has 0 aromatic heterocycles. The molecule has 8 heteroatoms. The number of carbonyl (C=O) groups excluding carboxylic acids is 1. The normalized spacial score (nSPS) is 19.9. The molecule has 2 aromatic carbocycles. The van der Waals surface area contributed by atoms with Crippen LogP contribution in [0.25, 0.3) is 5.57 Å². The van der Waals surface area contributed by atoms with Crippen molar-refractivity contribution in [2.75, 3.05) is 13.7 Å². The number of hydrogen-bond donors (Lipinski definition) is 2. The molecule has 168 valence electrons. The second-order valence-electron chi connectivity index (χ2n) is 7.60. The summed E-state index contributed by atoms with van der Waals surface area (Å²) in [4.78, 5) is 37.5. The van der Waals surface area contributed by atoms with Gasteiger partial charge in [0.25, 0.3) is 0 Å². The number of nitrogens with zero attached hydrogens (tertiary/aromatic N) is 1. The molecule has 2 N–H and O–H groups in total. The van der Waals surface area contributed by atoms with Gasteiger partial charge in [0.05, 0.1) is 13.5 Å². The molecule has 32 heavy (non-hydrogen) atoms. The van der Waals surface area contributed by atoms with Gasteiger partial charge in [0.1, 0.15) is 18.4 Å². The highest BCUT2D eigenvalue weighted by molar-refractivity contribution is 5.84. The monoisotopic (exact) mass is 439 g/mol. The number of ether oxygens (including phenoxy) is 2. The van der Waals surface area contributed by atoms with Crippen LogP contribution in [0.5, 0.6) is 5.75 Å². The molecule has 1 aliphatic rings. The molecular formula is C24H25NO7. The highest BCUT2D eigenvalue weighted by Gasteiger charge is 2.50. The van der Waals surface area contributed by atoms with Crippen molar-refractivity contribution in [2.45, 2.75) is 19.1 Å². The van der Waals surface area contributed by atoms with Gasteiger partial charge in [0.15, 0.2) is 0 Å². The molecule has 1 heterocycles. The summed E-state index contributed by atoms with van der Waals surface area (Å²) < 4.78 is 10.6. The van der Waals surface area contributed by atoms with E-state index in [1.165, 1.54) is 7.11 Å². The van der Waals surface area contributed by atoms with E-state index in [2.05, 4.69) is 6.58 Å². The summed E-state index contributed by atoms with van der Waals surface area (Å²) in [5.41, 5.74) is 1.99. The summed E-state index contributed by atoms with van der Waals surface area (Å²) in [5, 5.41) is 19.3. The van der Waals surface area contributed by atoms with Gasteiger partial charge >= 0.3 is 18.0 Å². The Balaban J connectivity index is 1.87. The third-order valence-electron chi connectivity index (χ3n) is 5.64. The van der Waals surface area contributed by atoms with Crippen LogP contribution in [0.4, 0.5) is 4.79 Å². The van der Waals surface area contributed by atoms with Crippen LogP contribution in [0.3, 0.4) is 0 Å². The molecule has 2 aromatic rings. The SMILES string of the molecule is C=C(c1cccc(OC)c1)[C@H]1CN(C(=O)OCc2ccccc2)[C@H](C(=O)O)[C@H]1CC(=O)O. The molecule has 1 saturated heterocycles. The first-order chi connectivity index (χ1) is 15.3. The average Bonchev–Trinajstić information content (AvgIpc) is 3.16. The number of carbonyl (C=O) groups is 3. The minimum atomic E-state index is -1.35. The lowest BCUT2D eigenvalue weighted by Gasteiger charge is -2.24.